The fraction of sp³-hybridized carbons (Fsp3) is 0.741. The SMILES string of the molecule is CCCCCCCCCCCCC/C=C/[C@@H](OC(=O)CCC(=O)OCC1C[C@@H](Sc2ccccc2)C(OC(=O)c2ccccc2)[C@@H](C)[C@@H]1O)[C@H](CO)NC(=O)CCCCCCCCCCCCCCCCC.CCCCCCCCCCCCC/C=C/[C@H]1OC(=O)CCC(=O)OCC2C[C@@H](OC[C@@H]1NC(=O)CCCCCCCCCCCCCCCCC)C(OC(=O)c1ccccc1)[C@@H](C)[C@@H]2O. The molecule has 2 amide bonds. The average molecular weight is 1930 g/mol. The van der Waals surface area contributed by atoms with E-state index in [1.165, 1.54) is 270 Å². The van der Waals surface area contributed by atoms with Crippen LogP contribution < -0.4 is 10.6 Å². The Morgan fingerprint density at radius 3 is 1.29 bits per heavy atom. The summed E-state index contributed by atoms with van der Waals surface area (Å²) in [6.07, 6.45) is 68.8. The van der Waals surface area contributed by atoms with E-state index < -0.39 is 121 Å². The van der Waals surface area contributed by atoms with Gasteiger partial charge < -0.3 is 59.1 Å². The first-order valence-corrected chi connectivity index (χ1v) is 56.2. The molecule has 21 heteroatoms. The maximum Gasteiger partial charge on any atom is 0.338 e. The molecular formula is C116H188N2O18S. The van der Waals surface area contributed by atoms with Crippen molar-refractivity contribution in [1.82, 2.24) is 10.6 Å². The van der Waals surface area contributed by atoms with Crippen LogP contribution in [-0.2, 0) is 61.9 Å². The number of amides is 2. The van der Waals surface area contributed by atoms with Gasteiger partial charge in [0.05, 0.1) is 93.6 Å². The zero-order valence-electron chi connectivity index (χ0n) is 86.1. The third kappa shape index (κ3) is 56.5. The van der Waals surface area contributed by atoms with Crippen LogP contribution in [0.2, 0.25) is 0 Å². The molecule has 3 aromatic carbocycles. The molecular weight excluding hydrogens is 1740 g/mol. The van der Waals surface area contributed by atoms with Gasteiger partial charge in [-0.3, -0.25) is 28.8 Å². The van der Waals surface area contributed by atoms with Gasteiger partial charge in [-0.1, -0.05) is 416 Å². The van der Waals surface area contributed by atoms with E-state index in [9.17, 15) is 53.7 Å². The third-order valence-corrected chi connectivity index (χ3v) is 29.0. The van der Waals surface area contributed by atoms with Crippen LogP contribution in [0.3, 0.4) is 0 Å². The minimum Gasteiger partial charge on any atom is -0.465 e. The summed E-state index contributed by atoms with van der Waals surface area (Å²) in [6, 6.07) is 25.7. The molecule has 5 N–H and O–H groups in total. The molecule has 137 heavy (non-hydrogen) atoms. The van der Waals surface area contributed by atoms with Gasteiger partial charge in [0, 0.05) is 46.7 Å². The highest BCUT2D eigenvalue weighted by Gasteiger charge is 2.48. The quantitative estimate of drug-likeness (QED) is 0.0152. The van der Waals surface area contributed by atoms with Gasteiger partial charge in [-0.2, -0.15) is 0 Å². The zero-order chi connectivity index (χ0) is 98.6. The number of thioether (sulfide) groups is 1. The Morgan fingerprint density at radius 1 is 0.445 bits per heavy atom. The van der Waals surface area contributed by atoms with Crippen molar-refractivity contribution in [2.24, 2.45) is 23.7 Å². The number of ether oxygens (including phenoxy) is 7. The number of hydrogen-bond acceptors (Lipinski definition) is 19. The van der Waals surface area contributed by atoms with Gasteiger partial charge in [0.25, 0.3) is 0 Å². The van der Waals surface area contributed by atoms with Crippen LogP contribution in [0.4, 0.5) is 0 Å². The summed E-state index contributed by atoms with van der Waals surface area (Å²) < 4.78 is 41.9. The molecule has 1 heterocycles. The first-order valence-electron chi connectivity index (χ1n) is 55.3. The lowest BCUT2D eigenvalue weighted by Crippen LogP contribution is -2.54. The van der Waals surface area contributed by atoms with E-state index in [0.29, 0.717) is 30.4 Å². The van der Waals surface area contributed by atoms with Crippen molar-refractivity contribution in [3.63, 3.8) is 0 Å². The van der Waals surface area contributed by atoms with Gasteiger partial charge in [-0.05, 0) is 99.9 Å². The highest BCUT2D eigenvalue weighted by Crippen LogP contribution is 2.42. The largest absolute Gasteiger partial charge is 0.465 e. The highest BCUT2D eigenvalue weighted by atomic mass is 32.2. The number of carbonyl (C=O) groups is 8. The monoisotopic (exact) mass is 1930 g/mol. The molecule has 1 aliphatic heterocycles. The highest BCUT2D eigenvalue weighted by molar-refractivity contribution is 8.00. The first kappa shape index (κ1) is 121. The second-order valence-corrected chi connectivity index (χ2v) is 41.0. The molecule has 2 aliphatic carbocycles. The van der Waals surface area contributed by atoms with Gasteiger partial charge in [-0.25, -0.2) is 9.59 Å². The topological polar surface area (TPSA) is 286 Å². The standard InChI is InChI=1S/C61H97NO9S.C55H91NO9/c1-4-6-8-10-12-14-16-18-19-21-23-25-27-29-37-43-56(64)62-53(47-63)54(42-36-28-26-24-22-20-17-15-13-11-9-7-5-2)70-58(66)45-44-57(65)69-48-51-46-55(72-52-40-34-31-35-41-52)60(49(3)59(51)67)71-61(68)50-38-32-30-33-39-50;1-4-6-8-10-12-14-16-18-19-21-23-25-27-29-34-38-50(57)56-47-43-62-49-41-46(53(60)44(3)54(49)65-55(61)45-35-31-30-32-36-45)42-63-51(58)39-40-52(59)64-48(47)37-33-28-26-24-22-20-17-15-13-11-9-7-5-2/h30-36,38-42,49,51,53-55,59-60,63,67H,4-29,37,43-48H2,1-3H3,(H,62,64);30-33,35-37,44,46-49,53-54,60H,4-29,34,38-43H2,1-3H3,(H,56,57)/b42-36+;37-33+/t49-,51?,53-,54+,55+,59-,60?;44-,46?,47-,48+,49+,53-,54?/m00/s1. The second kappa shape index (κ2) is 79.6. The Kier molecular flexibility index (Phi) is 70.1. The number of carbonyl (C=O) groups excluding carboxylic acids is 8. The van der Waals surface area contributed by atoms with Gasteiger partial charge in [0.1, 0.15) is 24.4 Å². The zero-order valence-corrected chi connectivity index (χ0v) is 86.9. The van der Waals surface area contributed by atoms with Gasteiger partial charge in [0.15, 0.2) is 0 Å². The number of unbranched alkanes of at least 4 members (excludes halogenated alkanes) is 50. The van der Waals surface area contributed by atoms with Crippen molar-refractivity contribution in [1.29, 1.82) is 0 Å². The van der Waals surface area contributed by atoms with Crippen LogP contribution in [0.1, 0.15) is 460 Å². The smallest absolute Gasteiger partial charge is 0.338 e. The Labute approximate surface area is 833 Å². The lowest BCUT2D eigenvalue weighted by molar-refractivity contribution is -0.170. The summed E-state index contributed by atoms with van der Waals surface area (Å²) in [5, 5.41) is 39.2. The van der Waals surface area contributed by atoms with Crippen molar-refractivity contribution < 1.29 is 86.8 Å². The van der Waals surface area contributed by atoms with E-state index in [4.69, 9.17) is 33.2 Å². The number of aliphatic hydroxyl groups excluding tert-OH is 3. The number of cyclic esters (lactones) is 2. The molecule has 3 fully saturated rings. The van der Waals surface area contributed by atoms with E-state index in [0.717, 1.165) is 81.9 Å². The summed E-state index contributed by atoms with van der Waals surface area (Å²) in [5.74, 6) is -5.61. The lowest BCUT2D eigenvalue weighted by Gasteiger charge is -2.43. The van der Waals surface area contributed by atoms with Crippen LogP contribution in [0, 0.1) is 23.7 Å². The van der Waals surface area contributed by atoms with Crippen molar-refractivity contribution in [2.45, 2.75) is 505 Å². The predicted octanol–water partition coefficient (Wildman–Crippen LogP) is 27.5. The maximum atomic E-state index is 13.7. The number of aliphatic hydroxyl groups is 3. The van der Waals surface area contributed by atoms with Crippen molar-refractivity contribution in [2.75, 3.05) is 26.4 Å². The summed E-state index contributed by atoms with van der Waals surface area (Å²) in [5.41, 5.74) is 0.811. The average Bonchev–Trinajstić information content (AvgIpc) is 0.800. The molecule has 3 aromatic rings. The molecule has 2 saturated carbocycles. The molecule has 1 saturated heterocycles. The Balaban J connectivity index is 0.000000486. The number of rotatable bonds is 74. The molecule has 20 nitrogen and oxygen atoms in total. The van der Waals surface area contributed by atoms with Crippen molar-refractivity contribution in [3.8, 4) is 0 Å². The molecule has 2 bridgehead atoms. The molecule has 0 spiro atoms. The normalized spacial score (nSPS) is 20.8. The Hall–Kier alpha value is -6.91. The number of allylic oxidation sites excluding steroid dienone is 2. The summed E-state index contributed by atoms with van der Waals surface area (Å²) in [7, 11) is 0. The van der Waals surface area contributed by atoms with Crippen molar-refractivity contribution in [3.05, 3.63) is 126 Å². The summed E-state index contributed by atoms with van der Waals surface area (Å²) >= 11 is 1.57. The minimum absolute atomic E-state index is 0.0231. The number of nitrogens with one attached hydrogen (secondary N) is 2. The molecule has 6 rings (SSSR count). The molecule has 776 valence electrons. The van der Waals surface area contributed by atoms with Crippen LogP contribution in [0.25, 0.3) is 0 Å². The molecule has 3 aliphatic rings. The second-order valence-electron chi connectivity index (χ2n) is 39.7. The van der Waals surface area contributed by atoms with Gasteiger partial charge >= 0.3 is 35.8 Å². The number of benzene rings is 3. The first-order chi connectivity index (χ1) is 66.9. The molecule has 14 atom stereocenters. The number of fused-ring (bicyclic) bond motifs is 2. The van der Waals surface area contributed by atoms with Crippen LogP contribution in [-0.4, -0.2) is 149 Å². The van der Waals surface area contributed by atoms with Crippen LogP contribution in [0.15, 0.2) is 120 Å². The van der Waals surface area contributed by atoms with Crippen LogP contribution >= 0.6 is 11.8 Å². The lowest BCUT2D eigenvalue weighted by atomic mass is 9.76. The predicted molar refractivity (Wildman–Crippen MR) is 554 cm³/mol. The van der Waals surface area contributed by atoms with Gasteiger partial charge in [-0.15, -0.1) is 11.8 Å². The molecule has 0 aromatic heterocycles. The minimum atomic E-state index is -0.939. The summed E-state index contributed by atoms with van der Waals surface area (Å²) in [6.45, 7) is 12.1. The van der Waals surface area contributed by atoms with E-state index in [-0.39, 0.29) is 69.0 Å². The Morgan fingerprint density at radius 2 is 0.839 bits per heavy atom. The van der Waals surface area contributed by atoms with Crippen molar-refractivity contribution >= 4 is 59.4 Å². The van der Waals surface area contributed by atoms with Crippen LogP contribution in [0.5, 0.6) is 0 Å². The third-order valence-electron chi connectivity index (χ3n) is 27.7. The fourth-order valence-corrected chi connectivity index (χ4v) is 20.4. The molecule has 0 radical (unpaired) electrons. The number of hydrogen-bond donors (Lipinski definition) is 5. The maximum absolute atomic E-state index is 13.7. The Bertz CT molecular complexity index is 3620. The van der Waals surface area contributed by atoms with Gasteiger partial charge in [0.2, 0.25) is 11.8 Å². The fourth-order valence-electron chi connectivity index (χ4n) is 19.0. The molecule has 4 unspecified atom stereocenters. The number of esters is 6. The van der Waals surface area contributed by atoms with E-state index in [1.54, 1.807) is 73.3 Å². The van der Waals surface area contributed by atoms with E-state index in [1.807, 2.05) is 67.6 Å². The van der Waals surface area contributed by atoms with E-state index >= 15 is 0 Å². The van der Waals surface area contributed by atoms with E-state index in [2.05, 4.69) is 38.3 Å². The summed E-state index contributed by atoms with van der Waals surface area (Å²) in [4.78, 5) is 107.